The second-order valence-corrected chi connectivity index (χ2v) is 13.9. The summed E-state index contributed by atoms with van der Waals surface area (Å²) < 4.78 is 2.15. The standard InChI is InChI=1S/C31H41N7O5S/c1-31(2,3)23-20-44-30(32-23)34-28(42)21-12-13-37-24(19-21)33-27(22(29(37)43)10-11-26(40)41)36-16-14-35(15-17-36)25(39)9-7-8-18-38(4,5)6/h10-13,19-20H,7-9,14-18H2,1-6H3,(H-,32,34,40,41,42)/p+1/b11-10+. The highest BCUT2D eigenvalue weighted by atomic mass is 32.1. The summed E-state index contributed by atoms with van der Waals surface area (Å²) in [6.45, 7) is 8.93. The first-order valence-corrected chi connectivity index (χ1v) is 15.6. The minimum atomic E-state index is -1.19. The predicted molar refractivity (Wildman–Crippen MR) is 172 cm³/mol. The fourth-order valence-corrected chi connectivity index (χ4v) is 5.79. The minimum absolute atomic E-state index is 0.106. The molecule has 13 heteroatoms. The minimum Gasteiger partial charge on any atom is -0.478 e. The summed E-state index contributed by atoms with van der Waals surface area (Å²) in [6, 6.07) is 3.04. The third kappa shape index (κ3) is 8.29. The Labute approximate surface area is 261 Å². The highest BCUT2D eigenvalue weighted by molar-refractivity contribution is 7.14. The molecule has 44 heavy (non-hydrogen) atoms. The molecule has 1 fully saturated rings. The smallest absolute Gasteiger partial charge is 0.328 e. The van der Waals surface area contributed by atoms with Crippen molar-refractivity contribution >= 4 is 51.8 Å². The number of unbranched alkanes of at least 4 members (excludes halogenated alkanes) is 1. The fraction of sp³-hybridized carbons (Fsp3) is 0.484. The Morgan fingerprint density at radius 1 is 1.09 bits per heavy atom. The molecule has 2 N–H and O–H groups in total. The largest absolute Gasteiger partial charge is 0.478 e. The van der Waals surface area contributed by atoms with Gasteiger partial charge in [-0.25, -0.2) is 14.8 Å². The van der Waals surface area contributed by atoms with Gasteiger partial charge in [-0.15, -0.1) is 11.3 Å². The van der Waals surface area contributed by atoms with E-state index in [0.717, 1.165) is 35.6 Å². The van der Waals surface area contributed by atoms with Gasteiger partial charge in [-0.2, -0.15) is 0 Å². The Hall–Kier alpha value is -4.10. The van der Waals surface area contributed by atoms with Crippen LogP contribution in [0.2, 0.25) is 0 Å². The van der Waals surface area contributed by atoms with Crippen molar-refractivity contribution in [1.29, 1.82) is 0 Å². The number of aromatic nitrogens is 3. The molecule has 3 aromatic heterocycles. The second-order valence-electron chi connectivity index (χ2n) is 13.1. The molecule has 0 aromatic carbocycles. The molecule has 0 saturated carbocycles. The Kier molecular flexibility index (Phi) is 9.89. The summed E-state index contributed by atoms with van der Waals surface area (Å²) in [6.07, 6.45) is 5.91. The number of nitrogens with zero attached hydrogens (tertiary/aromatic N) is 6. The van der Waals surface area contributed by atoms with Crippen LogP contribution in [0.15, 0.2) is 34.6 Å². The topological polar surface area (TPSA) is 137 Å². The highest BCUT2D eigenvalue weighted by Crippen LogP contribution is 2.27. The number of hydrogen-bond acceptors (Lipinski definition) is 8. The first-order chi connectivity index (χ1) is 20.6. The van der Waals surface area contributed by atoms with E-state index in [1.54, 1.807) is 0 Å². The number of piperazine rings is 1. The number of anilines is 2. The third-order valence-electron chi connectivity index (χ3n) is 7.39. The normalized spacial score (nSPS) is 14.4. The van der Waals surface area contributed by atoms with Crippen molar-refractivity contribution in [2.45, 2.75) is 45.4 Å². The van der Waals surface area contributed by atoms with E-state index in [1.165, 1.54) is 40.1 Å². The van der Waals surface area contributed by atoms with Crippen molar-refractivity contribution in [2.75, 3.05) is 64.1 Å². The number of carbonyl (C=O) groups is 3. The van der Waals surface area contributed by atoms with Crippen LogP contribution >= 0.6 is 11.3 Å². The predicted octanol–water partition coefficient (Wildman–Crippen LogP) is 3.32. The Morgan fingerprint density at radius 3 is 2.41 bits per heavy atom. The quantitative estimate of drug-likeness (QED) is 0.199. The summed E-state index contributed by atoms with van der Waals surface area (Å²) >= 11 is 1.34. The summed E-state index contributed by atoms with van der Waals surface area (Å²) in [7, 11) is 6.40. The SMILES string of the molecule is CC(C)(C)c1csc(NC(=O)c2ccn3c(=O)c(/C=C/C(=O)O)c(N4CCN(C(=O)CCCC[N+](C)(C)C)CC4)nc3c2)n1. The zero-order valence-electron chi connectivity index (χ0n) is 26.3. The van der Waals surface area contributed by atoms with Crippen molar-refractivity contribution < 1.29 is 24.0 Å². The Morgan fingerprint density at radius 2 is 1.80 bits per heavy atom. The van der Waals surface area contributed by atoms with Gasteiger partial charge in [0.05, 0.1) is 38.9 Å². The molecule has 236 valence electrons. The lowest BCUT2D eigenvalue weighted by atomic mass is 9.93. The van der Waals surface area contributed by atoms with Gasteiger partial charge in [0.2, 0.25) is 5.91 Å². The highest BCUT2D eigenvalue weighted by Gasteiger charge is 2.25. The number of carbonyl (C=O) groups excluding carboxylic acids is 2. The van der Waals surface area contributed by atoms with Crippen molar-refractivity contribution in [3.8, 4) is 0 Å². The molecule has 0 aliphatic carbocycles. The zero-order valence-corrected chi connectivity index (χ0v) is 27.1. The van der Waals surface area contributed by atoms with E-state index < -0.39 is 11.5 Å². The van der Waals surface area contributed by atoms with Crippen LogP contribution in [-0.2, 0) is 15.0 Å². The lowest BCUT2D eigenvalue weighted by Gasteiger charge is -2.36. The number of amides is 2. The van der Waals surface area contributed by atoms with E-state index in [-0.39, 0.29) is 28.4 Å². The van der Waals surface area contributed by atoms with Gasteiger partial charge in [-0.1, -0.05) is 20.8 Å². The number of carboxylic acids is 1. The van der Waals surface area contributed by atoms with E-state index in [9.17, 15) is 24.3 Å². The van der Waals surface area contributed by atoms with Crippen LogP contribution in [0.25, 0.3) is 11.7 Å². The van der Waals surface area contributed by atoms with Gasteiger partial charge < -0.3 is 19.4 Å². The summed E-state index contributed by atoms with van der Waals surface area (Å²) in [5, 5.41) is 14.5. The number of quaternary nitrogens is 1. The molecule has 0 spiro atoms. The number of fused-ring (bicyclic) bond motifs is 1. The van der Waals surface area contributed by atoms with Crippen LogP contribution in [0.5, 0.6) is 0 Å². The Balaban J connectivity index is 1.55. The lowest BCUT2D eigenvalue weighted by molar-refractivity contribution is -0.870. The molecule has 1 aliphatic rings. The first kappa shape index (κ1) is 32.8. The summed E-state index contributed by atoms with van der Waals surface area (Å²) in [4.78, 5) is 63.7. The molecule has 0 atom stereocenters. The molecular formula is C31H42N7O5S+. The molecule has 12 nitrogen and oxygen atoms in total. The van der Waals surface area contributed by atoms with E-state index in [0.29, 0.717) is 49.1 Å². The number of hydrogen-bond donors (Lipinski definition) is 2. The van der Waals surface area contributed by atoms with Crippen LogP contribution in [0, 0.1) is 0 Å². The van der Waals surface area contributed by atoms with Crippen LogP contribution in [0.4, 0.5) is 10.9 Å². The molecule has 0 radical (unpaired) electrons. The number of nitrogens with one attached hydrogen (secondary N) is 1. The van der Waals surface area contributed by atoms with Gasteiger partial charge in [0.15, 0.2) is 5.13 Å². The summed E-state index contributed by atoms with van der Waals surface area (Å²) in [5.41, 5.74) is 0.929. The average Bonchev–Trinajstić information content (AvgIpc) is 3.43. The number of pyridine rings is 1. The first-order valence-electron chi connectivity index (χ1n) is 14.7. The molecule has 3 aromatic rings. The maximum atomic E-state index is 13.5. The number of aliphatic carboxylic acids is 1. The zero-order chi connectivity index (χ0) is 32.2. The lowest BCUT2D eigenvalue weighted by Crippen LogP contribution is -2.49. The molecular weight excluding hydrogens is 582 g/mol. The fourth-order valence-electron chi connectivity index (χ4n) is 4.86. The molecule has 4 rings (SSSR count). The number of carboxylic acid groups (broad SMARTS) is 1. The molecule has 4 heterocycles. The second kappa shape index (κ2) is 13.3. The van der Waals surface area contributed by atoms with Crippen molar-refractivity contribution in [2.24, 2.45) is 0 Å². The van der Waals surface area contributed by atoms with Crippen LogP contribution < -0.4 is 15.8 Å². The molecule has 1 saturated heterocycles. The third-order valence-corrected chi connectivity index (χ3v) is 8.15. The van der Waals surface area contributed by atoms with E-state index in [2.05, 4.69) is 31.4 Å². The van der Waals surface area contributed by atoms with Crippen LogP contribution in [0.3, 0.4) is 0 Å². The van der Waals surface area contributed by atoms with Gasteiger partial charge >= 0.3 is 5.97 Å². The van der Waals surface area contributed by atoms with Gasteiger partial charge in [-0.3, -0.25) is 24.1 Å². The van der Waals surface area contributed by atoms with E-state index in [4.69, 9.17) is 4.98 Å². The molecule has 2 amide bonds. The molecule has 0 bridgehead atoms. The van der Waals surface area contributed by atoms with Gasteiger partial charge in [0.25, 0.3) is 11.5 Å². The van der Waals surface area contributed by atoms with Crippen LogP contribution in [-0.4, -0.2) is 101 Å². The van der Waals surface area contributed by atoms with Gasteiger partial charge in [0.1, 0.15) is 11.5 Å². The van der Waals surface area contributed by atoms with Crippen molar-refractivity contribution in [3.63, 3.8) is 0 Å². The van der Waals surface area contributed by atoms with Crippen LogP contribution in [0.1, 0.15) is 61.6 Å². The maximum Gasteiger partial charge on any atom is 0.328 e. The van der Waals surface area contributed by atoms with Gasteiger partial charge in [0, 0.05) is 61.2 Å². The van der Waals surface area contributed by atoms with Crippen molar-refractivity contribution in [1.82, 2.24) is 19.3 Å². The van der Waals surface area contributed by atoms with E-state index in [1.807, 2.05) is 36.0 Å². The summed E-state index contributed by atoms with van der Waals surface area (Å²) in [5.74, 6) is -1.16. The number of thiazole rings is 1. The Bertz CT molecular complexity index is 1620. The van der Waals surface area contributed by atoms with Crippen molar-refractivity contribution in [3.05, 3.63) is 57.0 Å². The number of rotatable bonds is 10. The van der Waals surface area contributed by atoms with Gasteiger partial charge in [-0.05, 0) is 31.1 Å². The average molecular weight is 625 g/mol. The molecule has 0 unspecified atom stereocenters. The maximum absolute atomic E-state index is 13.5. The molecule has 1 aliphatic heterocycles. The monoisotopic (exact) mass is 624 g/mol. The van der Waals surface area contributed by atoms with E-state index >= 15 is 0 Å².